The van der Waals surface area contributed by atoms with Gasteiger partial charge in [0.15, 0.2) is 23.1 Å². The monoisotopic (exact) mass is 413 g/mol. The van der Waals surface area contributed by atoms with Gasteiger partial charge in [0, 0.05) is 25.0 Å². The van der Waals surface area contributed by atoms with Crippen molar-refractivity contribution in [1.29, 1.82) is 0 Å². The number of benzene rings is 2. The van der Waals surface area contributed by atoms with Crippen LogP contribution in [0.2, 0.25) is 0 Å². The number of methoxy groups -OCH3 is 2. The summed E-state index contributed by atoms with van der Waals surface area (Å²) in [6.45, 7) is 0.981. The van der Waals surface area contributed by atoms with Crippen molar-refractivity contribution in [1.82, 2.24) is 9.47 Å². The molecule has 2 amide bonds. The standard InChI is InChI=1S/C22H21F2N3O3/c1-29-19-7-3-5-17(21(19)30-2)25-22(28)27-12-11-26-10-4-6-18(26)20(27)14-8-9-15(23)16(24)13-14/h3-10,13,20H,11-12H2,1-2H3,(H,25,28)/t20-/m0/s1. The average molecular weight is 413 g/mol. The highest BCUT2D eigenvalue weighted by atomic mass is 19.2. The van der Waals surface area contributed by atoms with E-state index in [4.69, 9.17) is 9.47 Å². The maximum absolute atomic E-state index is 14.0. The third-order valence-electron chi connectivity index (χ3n) is 5.20. The Morgan fingerprint density at radius 2 is 1.87 bits per heavy atom. The van der Waals surface area contributed by atoms with Crippen molar-refractivity contribution < 1.29 is 23.0 Å². The first-order chi connectivity index (χ1) is 14.5. The molecule has 3 aromatic rings. The van der Waals surface area contributed by atoms with Gasteiger partial charge >= 0.3 is 6.03 Å². The molecule has 1 aromatic heterocycles. The van der Waals surface area contributed by atoms with Crippen molar-refractivity contribution in [2.24, 2.45) is 0 Å². The SMILES string of the molecule is COc1cccc(NC(=O)N2CCn3cccc3[C@@H]2c2ccc(F)c(F)c2)c1OC. The summed E-state index contributed by atoms with van der Waals surface area (Å²) in [5.74, 6) is -0.994. The predicted octanol–water partition coefficient (Wildman–Crippen LogP) is 4.42. The first-order valence-corrected chi connectivity index (χ1v) is 9.42. The number of carbonyl (C=O) groups is 1. The second-order valence-corrected chi connectivity index (χ2v) is 6.87. The number of hydrogen-bond acceptors (Lipinski definition) is 3. The van der Waals surface area contributed by atoms with Gasteiger partial charge in [-0.05, 0) is 42.0 Å². The molecular weight excluding hydrogens is 392 g/mol. The molecule has 0 unspecified atom stereocenters. The summed E-state index contributed by atoms with van der Waals surface area (Å²) < 4.78 is 40.1. The fourth-order valence-electron chi connectivity index (χ4n) is 3.81. The summed E-state index contributed by atoms with van der Waals surface area (Å²) in [5, 5.41) is 2.86. The van der Waals surface area contributed by atoms with Crippen LogP contribution in [-0.2, 0) is 6.54 Å². The van der Waals surface area contributed by atoms with Gasteiger partial charge in [-0.2, -0.15) is 0 Å². The predicted molar refractivity (Wildman–Crippen MR) is 108 cm³/mol. The van der Waals surface area contributed by atoms with Crippen LogP contribution in [0.1, 0.15) is 17.3 Å². The van der Waals surface area contributed by atoms with Crippen molar-refractivity contribution in [2.45, 2.75) is 12.6 Å². The molecule has 4 rings (SSSR count). The fourth-order valence-corrected chi connectivity index (χ4v) is 3.81. The second-order valence-electron chi connectivity index (χ2n) is 6.87. The minimum Gasteiger partial charge on any atom is -0.493 e. The van der Waals surface area contributed by atoms with E-state index in [1.165, 1.54) is 20.3 Å². The number of nitrogens with one attached hydrogen (secondary N) is 1. The molecule has 0 aliphatic carbocycles. The molecule has 156 valence electrons. The molecule has 6 nitrogen and oxygen atoms in total. The van der Waals surface area contributed by atoms with Gasteiger partial charge in [-0.15, -0.1) is 0 Å². The van der Waals surface area contributed by atoms with E-state index in [9.17, 15) is 13.6 Å². The quantitative estimate of drug-likeness (QED) is 0.689. The zero-order chi connectivity index (χ0) is 21.3. The van der Waals surface area contributed by atoms with Crippen molar-refractivity contribution in [3.8, 4) is 11.5 Å². The Hall–Kier alpha value is -3.55. The molecule has 2 aromatic carbocycles. The van der Waals surface area contributed by atoms with Crippen molar-refractivity contribution >= 4 is 11.7 Å². The molecule has 1 N–H and O–H groups in total. The number of amides is 2. The van der Waals surface area contributed by atoms with Gasteiger partial charge in [-0.3, -0.25) is 0 Å². The first-order valence-electron chi connectivity index (χ1n) is 9.42. The number of carbonyl (C=O) groups excluding carboxylic acids is 1. The van der Waals surface area contributed by atoms with Gasteiger partial charge in [0.2, 0.25) is 0 Å². The largest absolute Gasteiger partial charge is 0.493 e. The van der Waals surface area contributed by atoms with Gasteiger partial charge in [0.25, 0.3) is 0 Å². The number of halogens is 2. The molecule has 0 radical (unpaired) electrons. The molecule has 0 saturated heterocycles. The average Bonchev–Trinajstić information content (AvgIpc) is 3.23. The Kier molecular flexibility index (Phi) is 5.31. The maximum atomic E-state index is 14.0. The maximum Gasteiger partial charge on any atom is 0.322 e. The summed E-state index contributed by atoms with van der Waals surface area (Å²) in [4.78, 5) is 14.8. The topological polar surface area (TPSA) is 55.7 Å². The molecule has 8 heteroatoms. The van der Waals surface area contributed by atoms with Crippen LogP contribution in [0.5, 0.6) is 11.5 Å². The summed E-state index contributed by atoms with van der Waals surface area (Å²) in [5.41, 5.74) is 1.76. The van der Waals surface area contributed by atoms with Crippen LogP contribution < -0.4 is 14.8 Å². The lowest BCUT2D eigenvalue weighted by molar-refractivity contribution is 0.181. The first kappa shape index (κ1) is 19.8. The Labute approximate surface area is 172 Å². The highest BCUT2D eigenvalue weighted by Crippen LogP contribution is 2.37. The Morgan fingerprint density at radius 1 is 1.03 bits per heavy atom. The zero-order valence-corrected chi connectivity index (χ0v) is 16.6. The molecule has 0 fully saturated rings. The number of aromatic nitrogens is 1. The Balaban J connectivity index is 1.70. The molecule has 1 aliphatic rings. The number of ether oxygens (including phenoxy) is 2. The van der Waals surface area contributed by atoms with Gasteiger partial charge in [-0.1, -0.05) is 12.1 Å². The fraction of sp³-hybridized carbons (Fsp3) is 0.227. The normalized spacial score (nSPS) is 15.5. The van der Waals surface area contributed by atoms with E-state index in [1.807, 2.05) is 22.9 Å². The van der Waals surface area contributed by atoms with Crippen LogP contribution >= 0.6 is 0 Å². The van der Waals surface area contributed by atoms with E-state index in [-0.39, 0.29) is 6.03 Å². The summed E-state index contributed by atoms with van der Waals surface area (Å²) in [6.07, 6.45) is 1.91. The molecule has 1 atom stereocenters. The number of urea groups is 1. The van der Waals surface area contributed by atoms with Crippen LogP contribution in [0.15, 0.2) is 54.7 Å². The Morgan fingerprint density at radius 3 is 2.60 bits per heavy atom. The second kappa shape index (κ2) is 8.06. The summed E-state index contributed by atoms with van der Waals surface area (Å²) >= 11 is 0. The minimum atomic E-state index is -0.953. The van der Waals surface area contributed by atoms with Crippen LogP contribution in [0.3, 0.4) is 0 Å². The van der Waals surface area contributed by atoms with Gasteiger partial charge in [0.1, 0.15) is 0 Å². The molecule has 0 saturated carbocycles. The minimum absolute atomic E-state index is 0.385. The van der Waals surface area contributed by atoms with Gasteiger partial charge in [-0.25, -0.2) is 13.6 Å². The van der Waals surface area contributed by atoms with Crippen LogP contribution in [-0.4, -0.2) is 36.3 Å². The van der Waals surface area contributed by atoms with E-state index in [1.54, 1.807) is 23.1 Å². The van der Waals surface area contributed by atoms with Crippen LogP contribution in [0.25, 0.3) is 0 Å². The lowest BCUT2D eigenvalue weighted by Crippen LogP contribution is -2.44. The molecule has 1 aliphatic heterocycles. The van der Waals surface area contributed by atoms with Gasteiger partial charge in [0.05, 0.1) is 25.9 Å². The number of nitrogens with zero attached hydrogens (tertiary/aromatic N) is 2. The lowest BCUT2D eigenvalue weighted by atomic mass is 10.00. The third-order valence-corrected chi connectivity index (χ3v) is 5.20. The van der Waals surface area contributed by atoms with E-state index < -0.39 is 17.7 Å². The highest BCUT2D eigenvalue weighted by Gasteiger charge is 2.33. The van der Waals surface area contributed by atoms with Crippen molar-refractivity contribution in [3.05, 3.63) is 77.6 Å². The van der Waals surface area contributed by atoms with Crippen molar-refractivity contribution in [2.75, 3.05) is 26.1 Å². The summed E-state index contributed by atoms with van der Waals surface area (Å²) in [7, 11) is 3.01. The molecular formula is C22H21F2N3O3. The number of anilines is 1. The molecule has 0 bridgehead atoms. The third kappa shape index (κ3) is 3.45. The number of rotatable bonds is 4. The lowest BCUT2D eigenvalue weighted by Gasteiger charge is -2.37. The van der Waals surface area contributed by atoms with Crippen LogP contribution in [0, 0.1) is 11.6 Å². The molecule has 2 heterocycles. The number of fused-ring (bicyclic) bond motifs is 1. The van der Waals surface area contributed by atoms with Gasteiger partial charge < -0.3 is 24.3 Å². The Bertz CT molecular complexity index is 1080. The summed E-state index contributed by atoms with van der Waals surface area (Å²) in [6, 6.07) is 11.7. The zero-order valence-electron chi connectivity index (χ0n) is 16.6. The highest BCUT2D eigenvalue weighted by molar-refractivity contribution is 5.92. The van der Waals surface area contributed by atoms with E-state index in [0.29, 0.717) is 35.8 Å². The van der Waals surface area contributed by atoms with Crippen LogP contribution in [0.4, 0.5) is 19.3 Å². The smallest absolute Gasteiger partial charge is 0.322 e. The van der Waals surface area contributed by atoms with E-state index >= 15 is 0 Å². The number of para-hydroxylation sites is 1. The van der Waals surface area contributed by atoms with E-state index in [2.05, 4.69) is 5.32 Å². The van der Waals surface area contributed by atoms with E-state index in [0.717, 1.165) is 17.8 Å². The molecule has 0 spiro atoms. The number of hydrogen-bond donors (Lipinski definition) is 1. The van der Waals surface area contributed by atoms with Crippen molar-refractivity contribution in [3.63, 3.8) is 0 Å². The molecule has 30 heavy (non-hydrogen) atoms.